The zero-order valence-electron chi connectivity index (χ0n) is 9.19. The van der Waals surface area contributed by atoms with Crippen molar-refractivity contribution in [3.63, 3.8) is 0 Å². The molecule has 1 aliphatic rings. The molecule has 0 aromatic heterocycles. The molecule has 1 amide bonds. The predicted octanol–water partition coefficient (Wildman–Crippen LogP) is 0.883. The van der Waals surface area contributed by atoms with Crippen LogP contribution >= 0.6 is 0 Å². The van der Waals surface area contributed by atoms with Gasteiger partial charge in [-0.05, 0) is 25.7 Å². The molecule has 1 rings (SSSR count). The molecule has 1 aliphatic carbocycles. The Morgan fingerprint density at radius 2 is 2.07 bits per heavy atom. The fourth-order valence-electron chi connectivity index (χ4n) is 2.04. The Balaban J connectivity index is 2.44. The van der Waals surface area contributed by atoms with E-state index in [2.05, 4.69) is 0 Å². The highest BCUT2D eigenvalue weighted by molar-refractivity contribution is 5.65. The van der Waals surface area contributed by atoms with Gasteiger partial charge in [0.15, 0.2) is 0 Å². The molecule has 0 unspecified atom stereocenters. The molecule has 0 bridgehead atoms. The molecule has 1 saturated carbocycles. The monoisotopic (exact) mass is 216 g/mol. The highest BCUT2D eigenvalue weighted by Crippen LogP contribution is 2.22. The van der Waals surface area contributed by atoms with E-state index in [0.717, 1.165) is 25.7 Å². The van der Waals surface area contributed by atoms with Gasteiger partial charge in [-0.15, -0.1) is 0 Å². The zero-order valence-corrected chi connectivity index (χ0v) is 9.19. The molecular formula is C10H20N2O3. The second-order valence-corrected chi connectivity index (χ2v) is 4.04. The van der Waals surface area contributed by atoms with Gasteiger partial charge in [-0.25, -0.2) is 4.79 Å². The van der Waals surface area contributed by atoms with Crippen molar-refractivity contribution in [3.8, 4) is 0 Å². The van der Waals surface area contributed by atoms with Gasteiger partial charge in [0.1, 0.15) is 0 Å². The van der Waals surface area contributed by atoms with Crippen molar-refractivity contribution in [1.82, 2.24) is 4.90 Å². The van der Waals surface area contributed by atoms with Crippen LogP contribution in [0.1, 0.15) is 25.7 Å². The summed E-state index contributed by atoms with van der Waals surface area (Å²) >= 11 is 0. The van der Waals surface area contributed by atoms with Gasteiger partial charge in [-0.3, -0.25) is 0 Å². The van der Waals surface area contributed by atoms with E-state index in [-0.39, 0.29) is 12.1 Å². The summed E-state index contributed by atoms with van der Waals surface area (Å²) in [5, 5.41) is 9.06. The molecule has 0 spiro atoms. The number of rotatable bonds is 4. The van der Waals surface area contributed by atoms with Gasteiger partial charge in [0.25, 0.3) is 0 Å². The standard InChI is InChI=1S/C10H20N2O3/c1-15-7-6-12(10(13)14)9-4-2-8(11)3-5-9/h8-9H,2-7,11H2,1H3,(H,13,14)/t8-,9-. The minimum atomic E-state index is -0.854. The van der Waals surface area contributed by atoms with Crippen molar-refractivity contribution in [1.29, 1.82) is 0 Å². The maximum Gasteiger partial charge on any atom is 0.407 e. The van der Waals surface area contributed by atoms with Crippen LogP contribution in [0.5, 0.6) is 0 Å². The molecule has 1 fully saturated rings. The molecule has 88 valence electrons. The van der Waals surface area contributed by atoms with Gasteiger partial charge < -0.3 is 20.5 Å². The van der Waals surface area contributed by atoms with E-state index in [1.165, 1.54) is 4.90 Å². The number of amides is 1. The Hall–Kier alpha value is -0.810. The van der Waals surface area contributed by atoms with Crippen LogP contribution in [0.2, 0.25) is 0 Å². The quantitative estimate of drug-likeness (QED) is 0.731. The molecule has 0 atom stereocenters. The zero-order chi connectivity index (χ0) is 11.3. The lowest BCUT2D eigenvalue weighted by atomic mass is 9.91. The molecule has 0 aromatic carbocycles. The van der Waals surface area contributed by atoms with E-state index in [0.29, 0.717) is 13.2 Å². The minimum absolute atomic E-state index is 0.123. The van der Waals surface area contributed by atoms with Gasteiger partial charge >= 0.3 is 6.09 Å². The van der Waals surface area contributed by atoms with Crippen molar-refractivity contribution in [2.24, 2.45) is 5.73 Å². The number of carbonyl (C=O) groups is 1. The summed E-state index contributed by atoms with van der Waals surface area (Å²) in [6.07, 6.45) is 2.73. The molecule has 0 saturated heterocycles. The summed E-state index contributed by atoms with van der Waals surface area (Å²) in [5.41, 5.74) is 5.78. The second kappa shape index (κ2) is 5.92. The van der Waals surface area contributed by atoms with Gasteiger partial charge in [-0.1, -0.05) is 0 Å². The third kappa shape index (κ3) is 3.68. The Bertz CT molecular complexity index is 203. The van der Waals surface area contributed by atoms with Crippen LogP contribution in [0.15, 0.2) is 0 Å². The number of ether oxygens (including phenoxy) is 1. The Labute approximate surface area is 90.2 Å². The summed E-state index contributed by atoms with van der Waals surface area (Å²) in [5.74, 6) is 0. The number of nitrogens with two attached hydrogens (primary N) is 1. The maximum absolute atomic E-state index is 11.0. The highest BCUT2D eigenvalue weighted by Gasteiger charge is 2.26. The minimum Gasteiger partial charge on any atom is -0.465 e. The molecule has 0 radical (unpaired) electrons. The lowest BCUT2D eigenvalue weighted by Crippen LogP contribution is -2.45. The molecule has 0 aromatic rings. The summed E-state index contributed by atoms with van der Waals surface area (Å²) in [4.78, 5) is 12.5. The summed E-state index contributed by atoms with van der Waals surface area (Å²) < 4.78 is 4.90. The first-order valence-electron chi connectivity index (χ1n) is 5.39. The van der Waals surface area contributed by atoms with Gasteiger partial charge in [0.2, 0.25) is 0 Å². The molecule has 0 aliphatic heterocycles. The van der Waals surface area contributed by atoms with Crippen molar-refractivity contribution in [2.75, 3.05) is 20.3 Å². The van der Waals surface area contributed by atoms with Crippen LogP contribution in [0.3, 0.4) is 0 Å². The van der Waals surface area contributed by atoms with Crippen molar-refractivity contribution in [2.45, 2.75) is 37.8 Å². The van der Waals surface area contributed by atoms with Crippen LogP contribution in [0, 0.1) is 0 Å². The van der Waals surface area contributed by atoms with Crippen molar-refractivity contribution in [3.05, 3.63) is 0 Å². The van der Waals surface area contributed by atoms with Gasteiger partial charge in [0.05, 0.1) is 6.61 Å². The van der Waals surface area contributed by atoms with Crippen molar-refractivity contribution >= 4 is 6.09 Å². The third-order valence-corrected chi connectivity index (χ3v) is 2.96. The second-order valence-electron chi connectivity index (χ2n) is 4.04. The number of nitrogens with zero attached hydrogens (tertiary/aromatic N) is 1. The normalized spacial score (nSPS) is 26.3. The third-order valence-electron chi connectivity index (χ3n) is 2.96. The fraction of sp³-hybridized carbons (Fsp3) is 0.900. The summed E-state index contributed by atoms with van der Waals surface area (Å²) in [7, 11) is 1.58. The molecule has 5 nitrogen and oxygen atoms in total. The first-order valence-corrected chi connectivity index (χ1v) is 5.39. The highest BCUT2D eigenvalue weighted by atomic mass is 16.5. The summed E-state index contributed by atoms with van der Waals surface area (Å²) in [6, 6.07) is 0.372. The Kier molecular flexibility index (Phi) is 4.84. The molecular weight excluding hydrogens is 196 g/mol. The lowest BCUT2D eigenvalue weighted by Gasteiger charge is -2.34. The van der Waals surface area contributed by atoms with E-state index in [1.807, 2.05) is 0 Å². The average molecular weight is 216 g/mol. The van der Waals surface area contributed by atoms with Crippen LogP contribution in [-0.4, -0.2) is 48.4 Å². The number of hydrogen-bond donors (Lipinski definition) is 2. The van der Waals surface area contributed by atoms with E-state index >= 15 is 0 Å². The number of hydrogen-bond acceptors (Lipinski definition) is 3. The first kappa shape index (κ1) is 12.3. The number of carboxylic acid groups (broad SMARTS) is 1. The molecule has 15 heavy (non-hydrogen) atoms. The van der Waals surface area contributed by atoms with Gasteiger partial charge in [-0.2, -0.15) is 0 Å². The fourth-order valence-corrected chi connectivity index (χ4v) is 2.04. The van der Waals surface area contributed by atoms with E-state index in [4.69, 9.17) is 15.6 Å². The number of methoxy groups -OCH3 is 1. The molecule has 5 heteroatoms. The lowest BCUT2D eigenvalue weighted by molar-refractivity contribution is 0.0847. The van der Waals surface area contributed by atoms with Crippen LogP contribution < -0.4 is 5.73 Å². The van der Waals surface area contributed by atoms with Crippen LogP contribution in [0.25, 0.3) is 0 Å². The average Bonchev–Trinajstić information content (AvgIpc) is 2.21. The summed E-state index contributed by atoms with van der Waals surface area (Å²) in [6.45, 7) is 0.903. The molecule has 0 heterocycles. The SMILES string of the molecule is COCCN(C(=O)O)[C@H]1CC[C@H](N)CC1. The largest absolute Gasteiger partial charge is 0.465 e. The topological polar surface area (TPSA) is 75.8 Å². The maximum atomic E-state index is 11.0. The first-order chi connectivity index (χ1) is 7.15. The molecule has 3 N–H and O–H groups in total. The van der Waals surface area contributed by atoms with Gasteiger partial charge in [0, 0.05) is 25.7 Å². The van der Waals surface area contributed by atoms with E-state index in [9.17, 15) is 4.79 Å². The van der Waals surface area contributed by atoms with Crippen molar-refractivity contribution < 1.29 is 14.6 Å². The smallest absolute Gasteiger partial charge is 0.407 e. The van der Waals surface area contributed by atoms with Crippen LogP contribution in [0.4, 0.5) is 4.79 Å². The van der Waals surface area contributed by atoms with E-state index in [1.54, 1.807) is 7.11 Å². The predicted molar refractivity (Wildman–Crippen MR) is 56.8 cm³/mol. The Morgan fingerprint density at radius 3 is 2.53 bits per heavy atom. The Morgan fingerprint density at radius 1 is 1.47 bits per heavy atom. The van der Waals surface area contributed by atoms with Crippen LogP contribution in [-0.2, 0) is 4.74 Å². The van der Waals surface area contributed by atoms with E-state index < -0.39 is 6.09 Å².